The summed E-state index contributed by atoms with van der Waals surface area (Å²) in [6.45, 7) is 2.08. The number of hydrogen-bond acceptors (Lipinski definition) is 3. The second-order valence-electron chi connectivity index (χ2n) is 4.95. The minimum atomic E-state index is 0.652. The first kappa shape index (κ1) is 12.6. The molecular formula is C15H18N4O. The highest BCUT2D eigenvalue weighted by Crippen LogP contribution is 2.37. The van der Waals surface area contributed by atoms with Crippen LogP contribution in [0, 0.1) is 6.92 Å². The zero-order valence-electron chi connectivity index (χ0n) is 12.1. The topological polar surface area (TPSA) is 58.0 Å². The van der Waals surface area contributed by atoms with Crippen LogP contribution >= 0.6 is 0 Å². The second kappa shape index (κ2) is 4.30. The lowest BCUT2D eigenvalue weighted by Gasteiger charge is -2.04. The third kappa shape index (κ3) is 1.59. The molecule has 0 spiro atoms. The summed E-state index contributed by atoms with van der Waals surface area (Å²) in [7, 11) is 5.57. The lowest BCUT2D eigenvalue weighted by Crippen LogP contribution is -1.96. The van der Waals surface area contributed by atoms with Crippen molar-refractivity contribution in [2.75, 3.05) is 12.8 Å². The molecule has 0 amide bonds. The van der Waals surface area contributed by atoms with E-state index < -0.39 is 0 Å². The van der Waals surface area contributed by atoms with Gasteiger partial charge in [-0.15, -0.1) is 0 Å². The van der Waals surface area contributed by atoms with Crippen molar-refractivity contribution >= 4 is 16.7 Å². The number of ether oxygens (including phenoxy) is 1. The van der Waals surface area contributed by atoms with Crippen LogP contribution in [0.15, 0.2) is 24.3 Å². The highest BCUT2D eigenvalue weighted by atomic mass is 16.5. The fraction of sp³-hybridized carbons (Fsp3) is 0.267. The molecule has 5 heteroatoms. The van der Waals surface area contributed by atoms with Crippen LogP contribution in [-0.4, -0.2) is 21.5 Å². The summed E-state index contributed by atoms with van der Waals surface area (Å²) in [6, 6.07) is 7.96. The Bertz CT molecular complexity index is 778. The second-order valence-corrected chi connectivity index (χ2v) is 4.95. The number of fused-ring (bicyclic) bond motifs is 1. The molecule has 0 bridgehead atoms. The quantitative estimate of drug-likeness (QED) is 0.778. The van der Waals surface area contributed by atoms with Crippen LogP contribution in [0.4, 0.5) is 5.82 Å². The number of aromatic nitrogens is 3. The molecule has 0 aliphatic heterocycles. The third-order valence-electron chi connectivity index (χ3n) is 3.86. The Morgan fingerprint density at radius 3 is 2.60 bits per heavy atom. The van der Waals surface area contributed by atoms with Crippen LogP contribution in [0.5, 0.6) is 5.75 Å². The van der Waals surface area contributed by atoms with Gasteiger partial charge in [0.2, 0.25) is 0 Å². The van der Waals surface area contributed by atoms with Crippen LogP contribution < -0.4 is 10.5 Å². The summed E-state index contributed by atoms with van der Waals surface area (Å²) in [5, 5.41) is 5.63. The zero-order valence-corrected chi connectivity index (χ0v) is 12.1. The van der Waals surface area contributed by atoms with Gasteiger partial charge in [-0.05, 0) is 13.0 Å². The lowest BCUT2D eigenvalue weighted by molar-refractivity contribution is 0.418. The standard InChI is InChI=1S/C15H18N4O/c1-9-14(11-8-13(16)19(3)17-11)10-6-5-7-12(20-4)15(10)18(9)2/h5-8H,16H2,1-4H3. The molecule has 0 saturated carbocycles. The Kier molecular flexibility index (Phi) is 2.71. The van der Waals surface area contributed by atoms with Gasteiger partial charge in [0, 0.05) is 36.8 Å². The maximum Gasteiger partial charge on any atom is 0.143 e. The first-order chi connectivity index (χ1) is 9.54. The van der Waals surface area contributed by atoms with Crippen molar-refractivity contribution in [3.63, 3.8) is 0 Å². The molecule has 0 aliphatic carbocycles. The van der Waals surface area contributed by atoms with Gasteiger partial charge in [-0.3, -0.25) is 4.68 Å². The van der Waals surface area contributed by atoms with Crippen molar-refractivity contribution in [2.45, 2.75) is 6.92 Å². The number of para-hydroxylation sites is 1. The number of benzene rings is 1. The van der Waals surface area contributed by atoms with E-state index in [1.54, 1.807) is 11.8 Å². The van der Waals surface area contributed by atoms with Crippen LogP contribution in [0.3, 0.4) is 0 Å². The summed E-state index contributed by atoms with van der Waals surface area (Å²) in [4.78, 5) is 0. The monoisotopic (exact) mass is 270 g/mol. The summed E-state index contributed by atoms with van der Waals surface area (Å²) in [5.41, 5.74) is 10.1. The van der Waals surface area contributed by atoms with Crippen LogP contribution in [-0.2, 0) is 14.1 Å². The van der Waals surface area contributed by atoms with Crippen molar-refractivity contribution in [3.05, 3.63) is 30.0 Å². The minimum Gasteiger partial charge on any atom is -0.495 e. The molecule has 0 unspecified atom stereocenters. The first-order valence-electron chi connectivity index (χ1n) is 6.46. The molecule has 2 N–H and O–H groups in total. The SMILES string of the molecule is COc1cccc2c(-c3cc(N)n(C)n3)c(C)n(C)c12. The Morgan fingerprint density at radius 2 is 2.00 bits per heavy atom. The van der Waals surface area contributed by atoms with E-state index in [-0.39, 0.29) is 0 Å². The van der Waals surface area contributed by atoms with E-state index in [0.717, 1.165) is 33.6 Å². The van der Waals surface area contributed by atoms with Gasteiger partial charge < -0.3 is 15.0 Å². The van der Waals surface area contributed by atoms with Crippen molar-refractivity contribution < 1.29 is 4.74 Å². The first-order valence-corrected chi connectivity index (χ1v) is 6.46. The molecule has 3 rings (SSSR count). The number of nitrogens with two attached hydrogens (primary N) is 1. The maximum absolute atomic E-state index is 5.90. The Balaban J connectivity index is 2.39. The number of anilines is 1. The van der Waals surface area contributed by atoms with Gasteiger partial charge in [-0.25, -0.2) is 0 Å². The van der Waals surface area contributed by atoms with E-state index in [2.05, 4.69) is 22.7 Å². The number of nitrogen functional groups attached to an aromatic ring is 1. The van der Waals surface area contributed by atoms with Gasteiger partial charge in [-0.2, -0.15) is 5.10 Å². The molecule has 0 aliphatic rings. The average Bonchev–Trinajstić information content (AvgIpc) is 2.89. The highest BCUT2D eigenvalue weighted by Gasteiger charge is 2.18. The number of methoxy groups -OCH3 is 1. The molecule has 0 atom stereocenters. The zero-order chi connectivity index (χ0) is 14.4. The molecule has 3 aromatic rings. The van der Waals surface area contributed by atoms with Crippen LogP contribution in [0.1, 0.15) is 5.69 Å². The van der Waals surface area contributed by atoms with Gasteiger partial charge >= 0.3 is 0 Å². The summed E-state index contributed by atoms with van der Waals surface area (Å²) < 4.78 is 9.29. The molecule has 2 heterocycles. The molecular weight excluding hydrogens is 252 g/mol. The number of nitrogens with zero attached hydrogens (tertiary/aromatic N) is 3. The van der Waals surface area contributed by atoms with E-state index in [0.29, 0.717) is 5.82 Å². The molecule has 0 saturated heterocycles. The van der Waals surface area contributed by atoms with E-state index in [9.17, 15) is 0 Å². The predicted octanol–water partition coefficient (Wildman–Crippen LogP) is 2.48. The lowest BCUT2D eigenvalue weighted by atomic mass is 10.1. The van der Waals surface area contributed by atoms with E-state index in [4.69, 9.17) is 10.5 Å². The van der Waals surface area contributed by atoms with Gasteiger partial charge in [0.15, 0.2) is 0 Å². The third-order valence-corrected chi connectivity index (χ3v) is 3.86. The van der Waals surface area contributed by atoms with Crippen molar-refractivity contribution in [2.24, 2.45) is 14.1 Å². The average molecular weight is 270 g/mol. The van der Waals surface area contributed by atoms with Crippen LogP contribution in [0.2, 0.25) is 0 Å². The summed E-state index contributed by atoms with van der Waals surface area (Å²) in [6.07, 6.45) is 0. The molecule has 20 heavy (non-hydrogen) atoms. The summed E-state index contributed by atoms with van der Waals surface area (Å²) in [5.74, 6) is 1.52. The van der Waals surface area contributed by atoms with Gasteiger partial charge in [0.25, 0.3) is 0 Å². The summed E-state index contributed by atoms with van der Waals surface area (Å²) >= 11 is 0. The van der Waals surface area contributed by atoms with Crippen molar-refractivity contribution in [1.82, 2.24) is 14.3 Å². The minimum absolute atomic E-state index is 0.652. The van der Waals surface area contributed by atoms with Gasteiger partial charge in [-0.1, -0.05) is 12.1 Å². The number of hydrogen-bond donors (Lipinski definition) is 1. The van der Waals surface area contributed by atoms with E-state index >= 15 is 0 Å². The largest absolute Gasteiger partial charge is 0.495 e. The Morgan fingerprint density at radius 1 is 1.25 bits per heavy atom. The normalized spacial score (nSPS) is 11.2. The van der Waals surface area contributed by atoms with Crippen molar-refractivity contribution in [3.8, 4) is 17.0 Å². The van der Waals surface area contributed by atoms with E-state index in [1.165, 1.54) is 0 Å². The fourth-order valence-electron chi connectivity index (χ4n) is 2.69. The van der Waals surface area contributed by atoms with Crippen LogP contribution in [0.25, 0.3) is 22.2 Å². The Hall–Kier alpha value is -2.43. The van der Waals surface area contributed by atoms with E-state index in [1.807, 2.05) is 32.3 Å². The molecule has 104 valence electrons. The highest BCUT2D eigenvalue weighted by molar-refractivity contribution is 6.00. The van der Waals surface area contributed by atoms with Crippen molar-refractivity contribution in [1.29, 1.82) is 0 Å². The van der Waals surface area contributed by atoms with Gasteiger partial charge in [0.1, 0.15) is 11.6 Å². The molecule has 5 nitrogen and oxygen atoms in total. The smallest absolute Gasteiger partial charge is 0.143 e. The molecule has 0 fully saturated rings. The maximum atomic E-state index is 5.90. The molecule has 0 radical (unpaired) electrons. The molecule has 2 aromatic heterocycles. The molecule has 1 aromatic carbocycles. The Labute approximate surface area is 117 Å². The predicted molar refractivity (Wildman–Crippen MR) is 80.8 cm³/mol. The number of rotatable bonds is 2. The van der Waals surface area contributed by atoms with Gasteiger partial charge in [0.05, 0.1) is 18.3 Å². The number of aryl methyl sites for hydroxylation is 2. The fourth-order valence-corrected chi connectivity index (χ4v) is 2.69.